The van der Waals surface area contributed by atoms with E-state index in [2.05, 4.69) is 9.62 Å². The lowest BCUT2D eigenvalue weighted by Crippen LogP contribution is -2.47. The molecule has 2 aliphatic heterocycles. The maximum atomic E-state index is 12.8. The van der Waals surface area contributed by atoms with Crippen LogP contribution >= 0.6 is 11.6 Å². The predicted octanol–water partition coefficient (Wildman–Crippen LogP) is 2.42. The van der Waals surface area contributed by atoms with Gasteiger partial charge in [-0.15, -0.1) is 0 Å². The SMILES string of the molecule is O=S(=O)(NCC(c1ccccc1Cl)N1CCOCC1)N1CCCCCC1. The van der Waals surface area contributed by atoms with Gasteiger partial charge in [0.1, 0.15) is 0 Å². The summed E-state index contributed by atoms with van der Waals surface area (Å²) in [6.07, 6.45) is 4.06. The van der Waals surface area contributed by atoms with Crippen molar-refractivity contribution in [2.24, 2.45) is 0 Å². The number of hydrogen-bond acceptors (Lipinski definition) is 4. The molecule has 0 amide bonds. The Morgan fingerprint density at radius 2 is 1.69 bits per heavy atom. The summed E-state index contributed by atoms with van der Waals surface area (Å²) >= 11 is 6.41. The smallest absolute Gasteiger partial charge is 0.279 e. The fourth-order valence-corrected chi connectivity index (χ4v) is 5.18. The van der Waals surface area contributed by atoms with E-state index in [0.717, 1.165) is 44.3 Å². The lowest BCUT2D eigenvalue weighted by molar-refractivity contribution is 0.0171. The molecular weight excluding hydrogens is 374 g/mol. The van der Waals surface area contributed by atoms with Gasteiger partial charge in [-0.25, -0.2) is 4.72 Å². The average molecular weight is 402 g/mol. The highest BCUT2D eigenvalue weighted by atomic mass is 35.5. The third kappa shape index (κ3) is 5.18. The summed E-state index contributed by atoms with van der Waals surface area (Å²) in [6, 6.07) is 7.56. The normalized spacial score (nSPS) is 22.0. The molecule has 3 rings (SSSR count). The summed E-state index contributed by atoms with van der Waals surface area (Å²) in [5.74, 6) is 0. The van der Waals surface area contributed by atoms with Gasteiger partial charge in [-0.3, -0.25) is 4.90 Å². The van der Waals surface area contributed by atoms with Crippen LogP contribution in [0.4, 0.5) is 0 Å². The summed E-state index contributed by atoms with van der Waals surface area (Å²) in [5, 5.41) is 0.665. The van der Waals surface area contributed by atoms with Crippen molar-refractivity contribution in [3.05, 3.63) is 34.9 Å². The van der Waals surface area contributed by atoms with Crippen LogP contribution in [-0.4, -0.2) is 63.6 Å². The van der Waals surface area contributed by atoms with E-state index in [1.54, 1.807) is 4.31 Å². The first-order valence-electron chi connectivity index (χ1n) is 9.39. The molecule has 0 saturated carbocycles. The maximum Gasteiger partial charge on any atom is 0.279 e. The van der Waals surface area contributed by atoms with Gasteiger partial charge in [0.2, 0.25) is 0 Å². The van der Waals surface area contributed by atoms with Crippen molar-refractivity contribution < 1.29 is 13.2 Å². The molecule has 2 heterocycles. The molecule has 0 aliphatic carbocycles. The Balaban J connectivity index is 1.74. The molecule has 0 bridgehead atoms. The molecule has 146 valence electrons. The van der Waals surface area contributed by atoms with Gasteiger partial charge >= 0.3 is 0 Å². The molecule has 26 heavy (non-hydrogen) atoms. The number of morpholine rings is 1. The van der Waals surface area contributed by atoms with Crippen molar-refractivity contribution in [3.63, 3.8) is 0 Å². The van der Waals surface area contributed by atoms with Crippen LogP contribution in [0.2, 0.25) is 5.02 Å². The summed E-state index contributed by atoms with van der Waals surface area (Å²) in [4.78, 5) is 2.25. The Kier molecular flexibility index (Phi) is 7.31. The molecule has 0 radical (unpaired) electrons. The Labute approximate surface area is 161 Å². The van der Waals surface area contributed by atoms with E-state index in [4.69, 9.17) is 16.3 Å². The quantitative estimate of drug-likeness (QED) is 0.795. The van der Waals surface area contributed by atoms with Crippen LogP contribution in [0.3, 0.4) is 0 Å². The fourth-order valence-electron chi connectivity index (χ4n) is 3.63. The van der Waals surface area contributed by atoms with Crippen LogP contribution in [-0.2, 0) is 14.9 Å². The second-order valence-electron chi connectivity index (χ2n) is 6.85. The van der Waals surface area contributed by atoms with Gasteiger partial charge in [0.15, 0.2) is 0 Å². The second kappa shape index (κ2) is 9.48. The zero-order valence-corrected chi connectivity index (χ0v) is 16.6. The molecule has 1 aromatic rings. The van der Waals surface area contributed by atoms with Crippen LogP contribution in [0, 0.1) is 0 Å². The molecule has 0 aromatic heterocycles. The van der Waals surface area contributed by atoms with Gasteiger partial charge in [-0.2, -0.15) is 12.7 Å². The summed E-state index contributed by atoms with van der Waals surface area (Å²) < 4.78 is 35.4. The summed E-state index contributed by atoms with van der Waals surface area (Å²) in [7, 11) is -3.48. The van der Waals surface area contributed by atoms with Gasteiger partial charge < -0.3 is 4.74 Å². The highest BCUT2D eigenvalue weighted by molar-refractivity contribution is 7.87. The zero-order valence-electron chi connectivity index (χ0n) is 15.1. The monoisotopic (exact) mass is 401 g/mol. The van der Waals surface area contributed by atoms with Crippen LogP contribution in [0.5, 0.6) is 0 Å². The van der Waals surface area contributed by atoms with Crippen LogP contribution < -0.4 is 4.72 Å². The topological polar surface area (TPSA) is 61.9 Å². The highest BCUT2D eigenvalue weighted by Crippen LogP contribution is 2.28. The van der Waals surface area contributed by atoms with E-state index in [0.29, 0.717) is 37.9 Å². The minimum absolute atomic E-state index is 0.102. The van der Waals surface area contributed by atoms with Crippen molar-refractivity contribution >= 4 is 21.8 Å². The fraction of sp³-hybridized carbons (Fsp3) is 0.667. The molecule has 6 nitrogen and oxygen atoms in total. The number of rotatable bonds is 6. The van der Waals surface area contributed by atoms with E-state index >= 15 is 0 Å². The van der Waals surface area contributed by atoms with Crippen molar-refractivity contribution in [2.45, 2.75) is 31.7 Å². The molecule has 1 atom stereocenters. The molecule has 1 unspecified atom stereocenters. The number of nitrogens with one attached hydrogen (secondary N) is 1. The average Bonchev–Trinajstić information content (AvgIpc) is 2.94. The predicted molar refractivity (Wildman–Crippen MR) is 104 cm³/mol. The number of halogens is 1. The Morgan fingerprint density at radius 3 is 2.35 bits per heavy atom. The molecule has 2 fully saturated rings. The van der Waals surface area contributed by atoms with E-state index in [9.17, 15) is 8.42 Å². The molecular formula is C18H28ClN3O3S. The third-order valence-electron chi connectivity index (χ3n) is 5.11. The number of benzene rings is 1. The number of hydrogen-bond donors (Lipinski definition) is 1. The Hall–Kier alpha value is -0.700. The minimum Gasteiger partial charge on any atom is -0.379 e. The lowest BCUT2D eigenvalue weighted by atomic mass is 10.0. The molecule has 1 aromatic carbocycles. The minimum atomic E-state index is -3.48. The Morgan fingerprint density at radius 1 is 1.04 bits per heavy atom. The first kappa shape index (κ1) is 20.0. The van der Waals surface area contributed by atoms with Gasteiger partial charge in [-0.05, 0) is 24.5 Å². The largest absolute Gasteiger partial charge is 0.379 e. The molecule has 8 heteroatoms. The second-order valence-corrected chi connectivity index (χ2v) is 9.01. The summed E-state index contributed by atoms with van der Waals surface area (Å²) in [6.45, 7) is 4.35. The first-order valence-corrected chi connectivity index (χ1v) is 11.2. The maximum absolute atomic E-state index is 12.8. The lowest BCUT2D eigenvalue weighted by Gasteiger charge is -2.35. The van der Waals surface area contributed by atoms with Gasteiger partial charge in [0.05, 0.1) is 19.3 Å². The van der Waals surface area contributed by atoms with Crippen LogP contribution in [0.1, 0.15) is 37.3 Å². The molecule has 2 aliphatic rings. The van der Waals surface area contributed by atoms with E-state index in [1.807, 2.05) is 24.3 Å². The van der Waals surface area contributed by atoms with E-state index < -0.39 is 10.2 Å². The molecule has 2 saturated heterocycles. The summed E-state index contributed by atoms with van der Waals surface area (Å²) in [5.41, 5.74) is 0.953. The van der Waals surface area contributed by atoms with Crippen LogP contribution in [0.25, 0.3) is 0 Å². The van der Waals surface area contributed by atoms with Gasteiger partial charge in [0, 0.05) is 37.7 Å². The third-order valence-corrected chi connectivity index (χ3v) is 7.04. The molecule has 1 N–H and O–H groups in total. The van der Waals surface area contributed by atoms with Gasteiger partial charge in [-0.1, -0.05) is 42.6 Å². The molecule has 0 spiro atoms. The number of nitrogens with zero attached hydrogens (tertiary/aromatic N) is 2. The Bertz CT molecular complexity index is 672. The van der Waals surface area contributed by atoms with Crippen molar-refractivity contribution in [3.8, 4) is 0 Å². The van der Waals surface area contributed by atoms with E-state index in [-0.39, 0.29) is 6.04 Å². The first-order chi connectivity index (χ1) is 12.6. The standard InChI is InChI=1S/C18H28ClN3O3S/c19-17-8-4-3-7-16(17)18(21-11-13-25-14-12-21)15-20-26(23,24)22-9-5-1-2-6-10-22/h3-4,7-8,18,20H,1-2,5-6,9-15H2. The highest BCUT2D eigenvalue weighted by Gasteiger charge is 2.28. The van der Waals surface area contributed by atoms with Crippen LogP contribution in [0.15, 0.2) is 24.3 Å². The van der Waals surface area contributed by atoms with E-state index in [1.165, 1.54) is 0 Å². The van der Waals surface area contributed by atoms with Crippen molar-refractivity contribution in [1.82, 2.24) is 13.9 Å². The van der Waals surface area contributed by atoms with Crippen molar-refractivity contribution in [1.29, 1.82) is 0 Å². The van der Waals surface area contributed by atoms with Crippen molar-refractivity contribution in [2.75, 3.05) is 45.9 Å². The number of ether oxygens (including phenoxy) is 1. The van der Waals surface area contributed by atoms with Gasteiger partial charge in [0.25, 0.3) is 10.2 Å². The zero-order chi connectivity index (χ0) is 18.4.